The third-order valence-electron chi connectivity index (χ3n) is 3.08. The zero-order valence-corrected chi connectivity index (χ0v) is 10.5. The first kappa shape index (κ1) is 13.6. The van der Waals surface area contributed by atoms with Crippen molar-refractivity contribution in [2.45, 2.75) is 31.9 Å². The summed E-state index contributed by atoms with van der Waals surface area (Å²) >= 11 is 0. The summed E-state index contributed by atoms with van der Waals surface area (Å²) < 4.78 is 10.3. The third kappa shape index (κ3) is 2.61. The van der Waals surface area contributed by atoms with E-state index in [1.807, 2.05) is 6.92 Å². The summed E-state index contributed by atoms with van der Waals surface area (Å²) in [5, 5.41) is 21.0. The van der Waals surface area contributed by atoms with Crippen LogP contribution in [0.5, 0.6) is 11.5 Å². The molecule has 0 fully saturated rings. The molecule has 0 unspecified atom stereocenters. The summed E-state index contributed by atoms with van der Waals surface area (Å²) in [4.78, 5) is 10.5. The number of nitro benzene ring substituents is 1. The van der Waals surface area contributed by atoms with E-state index in [9.17, 15) is 15.2 Å². The fraction of sp³-hybridized carbons (Fsp3) is 0.500. The van der Waals surface area contributed by atoms with Crippen LogP contribution in [-0.4, -0.2) is 22.9 Å². The Kier molecular flexibility index (Phi) is 3.87. The molecule has 1 heterocycles. The molecule has 3 N–H and O–H groups in total. The minimum absolute atomic E-state index is 0.0304. The number of fused-ring (bicyclic) bond motifs is 1. The number of aliphatic hydroxyl groups is 1. The number of benzene rings is 1. The van der Waals surface area contributed by atoms with E-state index >= 15 is 0 Å². The van der Waals surface area contributed by atoms with Gasteiger partial charge in [-0.25, -0.2) is 0 Å². The van der Waals surface area contributed by atoms with Gasteiger partial charge in [0.05, 0.1) is 28.7 Å². The van der Waals surface area contributed by atoms with Crippen molar-refractivity contribution in [2.75, 3.05) is 6.79 Å². The lowest BCUT2D eigenvalue weighted by Crippen LogP contribution is -2.26. The fourth-order valence-electron chi connectivity index (χ4n) is 2.05. The Morgan fingerprint density at radius 1 is 1.47 bits per heavy atom. The van der Waals surface area contributed by atoms with Crippen molar-refractivity contribution in [2.24, 2.45) is 5.73 Å². The summed E-state index contributed by atoms with van der Waals surface area (Å²) in [6.45, 7) is 1.94. The molecule has 1 aliphatic rings. The lowest BCUT2D eigenvalue weighted by Gasteiger charge is -2.18. The van der Waals surface area contributed by atoms with Gasteiger partial charge in [-0.3, -0.25) is 10.1 Å². The molecular weight excluding hydrogens is 252 g/mol. The van der Waals surface area contributed by atoms with Crippen molar-refractivity contribution in [1.29, 1.82) is 0 Å². The van der Waals surface area contributed by atoms with Crippen LogP contribution in [-0.2, 0) is 0 Å². The normalized spacial score (nSPS) is 16.2. The summed E-state index contributed by atoms with van der Waals surface area (Å²) in [5.41, 5.74) is 6.01. The maximum absolute atomic E-state index is 11.1. The van der Waals surface area contributed by atoms with Crippen molar-refractivity contribution in [3.05, 3.63) is 27.8 Å². The Labute approximate surface area is 110 Å². The van der Waals surface area contributed by atoms with Crippen molar-refractivity contribution >= 4 is 5.69 Å². The highest BCUT2D eigenvalue weighted by molar-refractivity contribution is 5.56. The molecule has 0 bridgehead atoms. The van der Waals surface area contributed by atoms with Crippen LogP contribution in [0.1, 0.15) is 31.4 Å². The molecule has 0 spiro atoms. The van der Waals surface area contributed by atoms with E-state index in [0.29, 0.717) is 17.9 Å². The van der Waals surface area contributed by atoms with Gasteiger partial charge in [-0.2, -0.15) is 0 Å². The monoisotopic (exact) mass is 268 g/mol. The topological polar surface area (TPSA) is 108 Å². The molecule has 0 radical (unpaired) electrons. The zero-order valence-electron chi connectivity index (χ0n) is 10.5. The first-order chi connectivity index (χ1) is 9.04. The number of rotatable bonds is 5. The zero-order chi connectivity index (χ0) is 14.0. The standard InChI is InChI=1S/C12H16N2O5/c1-2-3-9(15)12(13)7-4-10-11(19-6-18-10)5-8(7)14(16)17/h4-5,9,12,15H,2-3,6,13H2,1H3/t9-,12+/m1/s1. The molecule has 0 aromatic heterocycles. The fourth-order valence-corrected chi connectivity index (χ4v) is 2.05. The predicted molar refractivity (Wildman–Crippen MR) is 67.1 cm³/mol. The predicted octanol–water partition coefficient (Wildman–Crippen LogP) is 1.48. The van der Waals surface area contributed by atoms with E-state index in [0.717, 1.165) is 6.42 Å². The average Bonchev–Trinajstić information content (AvgIpc) is 2.83. The molecule has 0 saturated carbocycles. The highest BCUT2D eigenvalue weighted by Crippen LogP contribution is 2.40. The molecule has 2 atom stereocenters. The highest BCUT2D eigenvalue weighted by atomic mass is 16.7. The van der Waals surface area contributed by atoms with E-state index in [1.165, 1.54) is 12.1 Å². The number of nitrogens with two attached hydrogens (primary N) is 1. The number of ether oxygens (including phenoxy) is 2. The summed E-state index contributed by atoms with van der Waals surface area (Å²) in [6, 6.07) is 1.94. The number of hydrogen-bond acceptors (Lipinski definition) is 6. The van der Waals surface area contributed by atoms with Crippen molar-refractivity contribution in [3.63, 3.8) is 0 Å². The lowest BCUT2D eigenvalue weighted by molar-refractivity contribution is -0.385. The summed E-state index contributed by atoms with van der Waals surface area (Å²) in [6.07, 6.45) is 0.393. The molecule has 1 aromatic carbocycles. The quantitative estimate of drug-likeness (QED) is 0.618. The number of nitro groups is 1. The molecule has 7 nitrogen and oxygen atoms in total. The van der Waals surface area contributed by atoms with Gasteiger partial charge in [0.15, 0.2) is 11.5 Å². The van der Waals surface area contributed by atoms with Gasteiger partial charge in [-0.15, -0.1) is 0 Å². The first-order valence-electron chi connectivity index (χ1n) is 6.06. The van der Waals surface area contributed by atoms with Gasteiger partial charge in [0.25, 0.3) is 5.69 Å². The van der Waals surface area contributed by atoms with Crippen molar-refractivity contribution in [3.8, 4) is 11.5 Å². The van der Waals surface area contributed by atoms with Crippen molar-refractivity contribution in [1.82, 2.24) is 0 Å². The summed E-state index contributed by atoms with van der Waals surface area (Å²) in [7, 11) is 0. The van der Waals surface area contributed by atoms with Gasteiger partial charge in [-0.05, 0) is 12.5 Å². The molecule has 7 heteroatoms. The Morgan fingerprint density at radius 2 is 2.11 bits per heavy atom. The molecule has 0 aliphatic carbocycles. The third-order valence-corrected chi connectivity index (χ3v) is 3.08. The van der Waals surface area contributed by atoms with Crippen LogP contribution in [0.2, 0.25) is 0 Å². The maximum atomic E-state index is 11.1. The second-order valence-electron chi connectivity index (χ2n) is 4.40. The Balaban J connectivity index is 2.40. The Hall–Kier alpha value is -1.86. The number of hydrogen-bond donors (Lipinski definition) is 2. The van der Waals surface area contributed by atoms with Crippen LogP contribution in [0.3, 0.4) is 0 Å². The molecule has 0 amide bonds. The van der Waals surface area contributed by atoms with E-state index in [1.54, 1.807) is 0 Å². The minimum Gasteiger partial charge on any atom is -0.454 e. The van der Waals surface area contributed by atoms with E-state index in [-0.39, 0.29) is 18.0 Å². The molecule has 1 aromatic rings. The SMILES string of the molecule is CCC[C@@H](O)[C@@H](N)c1cc2c(cc1[N+](=O)[O-])OCO2. The van der Waals surface area contributed by atoms with Crippen molar-refractivity contribution < 1.29 is 19.5 Å². The van der Waals surface area contributed by atoms with Crippen LogP contribution in [0.25, 0.3) is 0 Å². The Morgan fingerprint density at radius 3 is 2.68 bits per heavy atom. The van der Waals surface area contributed by atoms with Crippen LogP contribution in [0, 0.1) is 10.1 Å². The molecule has 0 saturated heterocycles. The summed E-state index contributed by atoms with van der Waals surface area (Å²) in [5.74, 6) is 0.743. The minimum atomic E-state index is -0.830. The van der Waals surface area contributed by atoms with E-state index in [4.69, 9.17) is 15.2 Å². The molecule has 104 valence electrons. The van der Waals surface area contributed by atoms with Gasteiger partial charge in [0.2, 0.25) is 6.79 Å². The number of nitrogens with zero attached hydrogens (tertiary/aromatic N) is 1. The van der Waals surface area contributed by atoms with Gasteiger partial charge in [0, 0.05) is 0 Å². The smallest absolute Gasteiger partial charge is 0.278 e. The van der Waals surface area contributed by atoms with E-state index < -0.39 is 17.1 Å². The highest BCUT2D eigenvalue weighted by Gasteiger charge is 2.29. The molecule has 1 aliphatic heterocycles. The van der Waals surface area contributed by atoms with Gasteiger partial charge in [0.1, 0.15) is 0 Å². The molecule has 19 heavy (non-hydrogen) atoms. The van der Waals surface area contributed by atoms with Gasteiger partial charge in [-0.1, -0.05) is 13.3 Å². The largest absolute Gasteiger partial charge is 0.454 e. The second kappa shape index (κ2) is 5.41. The van der Waals surface area contributed by atoms with Crippen LogP contribution >= 0.6 is 0 Å². The average molecular weight is 268 g/mol. The molecule has 2 rings (SSSR count). The first-order valence-corrected chi connectivity index (χ1v) is 6.06. The van der Waals surface area contributed by atoms with Crippen LogP contribution in [0.4, 0.5) is 5.69 Å². The van der Waals surface area contributed by atoms with Crippen LogP contribution in [0.15, 0.2) is 12.1 Å². The van der Waals surface area contributed by atoms with Gasteiger partial charge < -0.3 is 20.3 Å². The maximum Gasteiger partial charge on any atom is 0.278 e. The molecular formula is C12H16N2O5. The lowest BCUT2D eigenvalue weighted by atomic mass is 9.97. The van der Waals surface area contributed by atoms with E-state index in [2.05, 4.69) is 0 Å². The number of aliphatic hydroxyl groups excluding tert-OH is 1. The second-order valence-corrected chi connectivity index (χ2v) is 4.40. The Bertz CT molecular complexity index is 491. The van der Waals surface area contributed by atoms with Gasteiger partial charge >= 0.3 is 0 Å². The van der Waals surface area contributed by atoms with Crippen LogP contribution < -0.4 is 15.2 Å².